The van der Waals surface area contributed by atoms with Gasteiger partial charge in [0.05, 0.1) is 17.8 Å². The van der Waals surface area contributed by atoms with Crippen LogP contribution in [0, 0.1) is 11.6 Å². The van der Waals surface area contributed by atoms with Gasteiger partial charge in [-0.15, -0.1) is 0 Å². The van der Waals surface area contributed by atoms with Crippen LogP contribution in [0.1, 0.15) is 27.9 Å². The average Bonchev–Trinajstić information content (AvgIpc) is 3.08. The van der Waals surface area contributed by atoms with Crippen LogP contribution < -0.4 is 16.1 Å². The fourth-order valence-corrected chi connectivity index (χ4v) is 2.81. The summed E-state index contributed by atoms with van der Waals surface area (Å²) in [5.41, 5.74) is 3.80. The van der Waals surface area contributed by atoms with E-state index in [9.17, 15) is 31.9 Å². The predicted octanol–water partition coefficient (Wildman–Crippen LogP) is 2.11. The Morgan fingerprint density at radius 1 is 1.19 bits per heavy atom. The van der Waals surface area contributed by atoms with Crippen molar-refractivity contribution >= 4 is 19.4 Å². The third kappa shape index (κ3) is 4.53. The molecule has 3 aromatic rings. The van der Waals surface area contributed by atoms with Crippen molar-refractivity contribution in [2.24, 2.45) is 5.73 Å². The second-order valence-corrected chi connectivity index (χ2v) is 6.42. The first-order chi connectivity index (χ1) is 14.5. The van der Waals surface area contributed by atoms with Crippen LogP contribution in [0.4, 0.5) is 22.0 Å². The summed E-state index contributed by atoms with van der Waals surface area (Å²) in [5, 5.41) is 9.62. The molecule has 0 fully saturated rings. The molecule has 0 saturated carbocycles. The van der Waals surface area contributed by atoms with E-state index in [-0.39, 0.29) is 17.2 Å². The minimum atomic E-state index is -4.50. The largest absolute Gasteiger partial charge is 0.475 e. The summed E-state index contributed by atoms with van der Waals surface area (Å²) in [6.07, 6.45) is -5.86. The lowest BCUT2D eigenvalue weighted by molar-refractivity contribution is -0.137. The summed E-state index contributed by atoms with van der Waals surface area (Å²) in [6, 6.07) is 5.81. The second kappa shape index (κ2) is 8.38. The molecular formula is C19H14BF5N2O4. The van der Waals surface area contributed by atoms with Crippen LogP contribution >= 0.6 is 0 Å². The molecule has 162 valence electrons. The van der Waals surface area contributed by atoms with Crippen molar-refractivity contribution in [1.82, 2.24) is 4.98 Å². The molecule has 3 rings (SSSR count). The molecule has 0 aliphatic carbocycles. The van der Waals surface area contributed by atoms with E-state index < -0.39 is 53.3 Å². The van der Waals surface area contributed by atoms with Crippen molar-refractivity contribution in [3.8, 4) is 17.0 Å². The Hall–Kier alpha value is -3.41. The maximum absolute atomic E-state index is 14.4. The highest BCUT2D eigenvalue weighted by Crippen LogP contribution is 2.31. The molecule has 1 heterocycles. The summed E-state index contributed by atoms with van der Waals surface area (Å²) in [4.78, 5) is 15.4. The minimum absolute atomic E-state index is 0.183. The van der Waals surface area contributed by atoms with Gasteiger partial charge in [0.1, 0.15) is 17.1 Å². The van der Waals surface area contributed by atoms with Gasteiger partial charge < -0.3 is 20.0 Å². The quantitative estimate of drug-likeness (QED) is 0.452. The number of hydrogen-bond donors (Lipinski definition) is 2. The lowest BCUT2D eigenvalue weighted by atomic mass is 9.98. The minimum Gasteiger partial charge on any atom is -0.475 e. The van der Waals surface area contributed by atoms with Crippen LogP contribution in [0.3, 0.4) is 0 Å². The van der Waals surface area contributed by atoms with Gasteiger partial charge in [-0.2, -0.15) is 13.2 Å². The van der Waals surface area contributed by atoms with Gasteiger partial charge >= 0.3 is 6.18 Å². The van der Waals surface area contributed by atoms with Gasteiger partial charge in [-0.05, 0) is 24.3 Å². The van der Waals surface area contributed by atoms with E-state index >= 15 is 0 Å². The summed E-state index contributed by atoms with van der Waals surface area (Å²) in [6.45, 7) is -0.741. The van der Waals surface area contributed by atoms with E-state index in [4.69, 9.17) is 14.9 Å². The Bertz CT molecular complexity index is 1120. The molecule has 0 aliphatic heterocycles. The number of carbonyl (C=O) groups is 1. The summed E-state index contributed by atoms with van der Waals surface area (Å²) < 4.78 is 76.9. The number of carbonyl (C=O) groups excluding carboxylic acids is 1. The predicted molar refractivity (Wildman–Crippen MR) is 100 cm³/mol. The summed E-state index contributed by atoms with van der Waals surface area (Å²) in [5.74, 6) is -4.69. The van der Waals surface area contributed by atoms with Crippen LogP contribution in [0.5, 0.6) is 5.75 Å². The third-order valence-corrected chi connectivity index (χ3v) is 4.31. The van der Waals surface area contributed by atoms with Crippen molar-refractivity contribution in [3.63, 3.8) is 0 Å². The second-order valence-electron chi connectivity index (χ2n) is 6.42. The van der Waals surface area contributed by atoms with E-state index in [2.05, 4.69) is 4.98 Å². The molecule has 0 saturated heterocycles. The lowest BCUT2D eigenvalue weighted by Gasteiger charge is -2.15. The van der Waals surface area contributed by atoms with Gasteiger partial charge in [-0.1, -0.05) is 12.1 Å². The van der Waals surface area contributed by atoms with Gasteiger partial charge in [-0.3, -0.25) is 4.79 Å². The molecular weight excluding hydrogens is 426 g/mol. The third-order valence-electron chi connectivity index (χ3n) is 4.31. The highest BCUT2D eigenvalue weighted by Gasteiger charge is 2.30. The van der Waals surface area contributed by atoms with Gasteiger partial charge in [-0.25, -0.2) is 13.8 Å². The van der Waals surface area contributed by atoms with Gasteiger partial charge in [0.2, 0.25) is 5.89 Å². The van der Waals surface area contributed by atoms with Crippen LogP contribution in [0.2, 0.25) is 0 Å². The molecule has 6 nitrogen and oxygen atoms in total. The fraction of sp³-hybridized carbons (Fsp3) is 0.158. The Labute approximate surface area is 172 Å². The number of benzene rings is 2. The van der Waals surface area contributed by atoms with Crippen molar-refractivity contribution < 1.29 is 41.0 Å². The van der Waals surface area contributed by atoms with E-state index in [1.807, 2.05) is 0 Å². The number of rotatable bonds is 6. The van der Waals surface area contributed by atoms with Crippen LogP contribution in [-0.2, 0) is 6.18 Å². The van der Waals surface area contributed by atoms with Crippen molar-refractivity contribution in [1.29, 1.82) is 0 Å². The van der Waals surface area contributed by atoms with E-state index in [1.54, 1.807) is 0 Å². The molecule has 12 heteroatoms. The van der Waals surface area contributed by atoms with E-state index in [1.165, 1.54) is 20.0 Å². The number of nitrogens with zero attached hydrogens (tertiary/aromatic N) is 1. The smallest absolute Gasteiger partial charge is 0.416 e. The number of nitrogens with two attached hydrogens (primary N) is 1. The van der Waals surface area contributed by atoms with Gasteiger partial charge in [0.15, 0.2) is 25.5 Å². The molecule has 31 heavy (non-hydrogen) atoms. The molecule has 1 unspecified atom stereocenters. The van der Waals surface area contributed by atoms with Crippen LogP contribution in [0.25, 0.3) is 11.3 Å². The monoisotopic (exact) mass is 440 g/mol. The van der Waals surface area contributed by atoms with Crippen molar-refractivity contribution in [3.05, 3.63) is 65.1 Å². The van der Waals surface area contributed by atoms with Crippen molar-refractivity contribution in [2.45, 2.75) is 12.3 Å². The molecule has 0 aliphatic rings. The molecule has 0 radical (unpaired) electrons. The summed E-state index contributed by atoms with van der Waals surface area (Å²) in [7, 11) is 1.49. The number of halogens is 5. The normalized spacial score (nSPS) is 12.6. The van der Waals surface area contributed by atoms with E-state index in [0.29, 0.717) is 5.56 Å². The van der Waals surface area contributed by atoms with Gasteiger partial charge in [0.25, 0.3) is 5.91 Å². The molecule has 3 N–H and O–H groups in total. The maximum Gasteiger partial charge on any atom is 0.416 e. The zero-order chi connectivity index (χ0) is 22.9. The standard InChI is InChI=1S/C19H14BF5N2O4/c20-16-15(8-1-3-9(4-2-8)19(23,24)25)27-18(31-16)12(7-28)30-11-6-5-10(21)13(14(11)22)17(26)29/h1-6,12,28H,7,20H2,(H2,26,29). The molecule has 1 aromatic heterocycles. The Balaban J connectivity index is 1.91. The number of amides is 1. The zero-order valence-corrected chi connectivity index (χ0v) is 15.8. The van der Waals surface area contributed by atoms with Crippen molar-refractivity contribution in [2.75, 3.05) is 6.61 Å². The number of aliphatic hydroxyl groups is 1. The SMILES string of the molecule is Bc1oc(C(CO)Oc2ccc(F)c(C(N)=O)c2F)nc1-c1ccc(C(F)(F)F)cc1. The first-order valence-corrected chi connectivity index (χ1v) is 8.73. The molecule has 0 spiro atoms. The van der Waals surface area contributed by atoms with Crippen LogP contribution in [0.15, 0.2) is 40.8 Å². The number of alkyl halides is 3. The maximum atomic E-state index is 14.4. The lowest BCUT2D eigenvalue weighted by Crippen LogP contribution is -2.18. The fourth-order valence-electron chi connectivity index (χ4n) is 2.81. The van der Waals surface area contributed by atoms with Gasteiger partial charge in [0, 0.05) is 5.56 Å². The number of oxazole rings is 1. The highest BCUT2D eigenvalue weighted by atomic mass is 19.4. The molecule has 0 bridgehead atoms. The molecule has 1 amide bonds. The topological polar surface area (TPSA) is 98.6 Å². The number of ether oxygens (including phenoxy) is 1. The molecule has 2 aromatic carbocycles. The average molecular weight is 440 g/mol. The first-order valence-electron chi connectivity index (χ1n) is 8.73. The number of hydrogen-bond acceptors (Lipinski definition) is 5. The summed E-state index contributed by atoms with van der Waals surface area (Å²) >= 11 is 0. The Morgan fingerprint density at radius 3 is 2.39 bits per heavy atom. The number of aliphatic hydroxyl groups excluding tert-OH is 1. The highest BCUT2D eigenvalue weighted by molar-refractivity contribution is 6.33. The Kier molecular flexibility index (Phi) is 6.02. The van der Waals surface area contributed by atoms with E-state index in [0.717, 1.165) is 24.3 Å². The molecule has 1 atom stereocenters. The number of primary amides is 1. The first kappa shape index (κ1) is 22.3. The van der Waals surface area contributed by atoms with Crippen LogP contribution in [-0.4, -0.2) is 30.5 Å². The zero-order valence-electron chi connectivity index (χ0n) is 15.8. The number of aromatic nitrogens is 1. The Morgan fingerprint density at radius 2 is 1.84 bits per heavy atom.